The number of benzene rings is 1. The summed E-state index contributed by atoms with van der Waals surface area (Å²) >= 11 is 0. The maximum absolute atomic E-state index is 10.1. The topological polar surface area (TPSA) is 43.1 Å². The van der Waals surface area contributed by atoms with Crippen molar-refractivity contribution in [1.29, 1.82) is 0 Å². The van der Waals surface area contributed by atoms with E-state index in [0.29, 0.717) is 5.92 Å². The van der Waals surface area contributed by atoms with Gasteiger partial charge in [-0.2, -0.15) is 0 Å². The van der Waals surface area contributed by atoms with Crippen LogP contribution in [-0.4, -0.2) is 4.92 Å². The van der Waals surface area contributed by atoms with Gasteiger partial charge in [0.2, 0.25) is 6.20 Å². The van der Waals surface area contributed by atoms with Crippen LogP contribution in [-0.2, 0) is 0 Å². The molecule has 0 aliphatic rings. The van der Waals surface area contributed by atoms with Gasteiger partial charge < -0.3 is 0 Å². The van der Waals surface area contributed by atoms with Gasteiger partial charge >= 0.3 is 0 Å². The molecule has 0 saturated carbocycles. The minimum absolute atomic E-state index is 0.462. The van der Waals surface area contributed by atoms with E-state index >= 15 is 0 Å². The fraction of sp³-hybridized carbons (Fsp3) is 0.273. The van der Waals surface area contributed by atoms with Crippen LogP contribution < -0.4 is 0 Å². The van der Waals surface area contributed by atoms with Gasteiger partial charge in [-0.25, -0.2) is 0 Å². The predicted octanol–water partition coefficient (Wildman–Crippen LogP) is 3.06. The first-order valence-corrected chi connectivity index (χ1v) is 4.51. The van der Waals surface area contributed by atoms with Gasteiger partial charge in [0, 0.05) is 6.08 Å². The Morgan fingerprint density at radius 3 is 2.29 bits per heavy atom. The minimum atomic E-state index is -0.462. The average Bonchev–Trinajstić information content (AvgIpc) is 2.15. The van der Waals surface area contributed by atoms with E-state index < -0.39 is 4.92 Å². The van der Waals surface area contributed by atoms with Crippen molar-refractivity contribution in [3.63, 3.8) is 0 Å². The Bertz CT molecular complexity index is 339. The SMILES string of the molecule is CC(C)c1ccc(/C=C\[N+](=O)[O-])cc1. The number of nitro groups is 1. The van der Waals surface area contributed by atoms with E-state index in [1.807, 2.05) is 24.3 Å². The molecule has 0 radical (unpaired) electrons. The van der Waals surface area contributed by atoms with Gasteiger partial charge in [0.05, 0.1) is 4.92 Å². The van der Waals surface area contributed by atoms with Crippen LogP contribution >= 0.6 is 0 Å². The lowest BCUT2D eigenvalue weighted by atomic mass is 10.0. The van der Waals surface area contributed by atoms with Crippen LogP contribution in [0.4, 0.5) is 0 Å². The van der Waals surface area contributed by atoms with E-state index in [1.165, 1.54) is 11.6 Å². The third-order valence-electron chi connectivity index (χ3n) is 1.99. The van der Waals surface area contributed by atoms with Crippen LogP contribution in [0.25, 0.3) is 6.08 Å². The average molecular weight is 191 g/mol. The zero-order valence-corrected chi connectivity index (χ0v) is 8.31. The van der Waals surface area contributed by atoms with E-state index in [4.69, 9.17) is 0 Å². The first-order chi connectivity index (χ1) is 6.59. The molecule has 0 spiro atoms. The molecular formula is C11H13NO2. The molecule has 0 heterocycles. The third-order valence-corrected chi connectivity index (χ3v) is 1.99. The quantitative estimate of drug-likeness (QED) is 0.544. The summed E-state index contributed by atoms with van der Waals surface area (Å²) < 4.78 is 0. The van der Waals surface area contributed by atoms with E-state index in [0.717, 1.165) is 11.8 Å². The molecule has 0 atom stereocenters. The molecule has 0 bridgehead atoms. The standard InChI is InChI=1S/C11H13NO2/c1-9(2)11-5-3-10(4-6-11)7-8-12(13)14/h3-9H,1-2H3/b8-7-. The molecule has 0 unspecified atom stereocenters. The second kappa shape index (κ2) is 4.56. The third kappa shape index (κ3) is 3.01. The molecule has 0 amide bonds. The van der Waals surface area contributed by atoms with E-state index in [-0.39, 0.29) is 0 Å². The largest absolute Gasteiger partial charge is 0.259 e. The Morgan fingerprint density at radius 1 is 1.29 bits per heavy atom. The lowest BCUT2D eigenvalue weighted by Crippen LogP contribution is -1.86. The Kier molecular flexibility index (Phi) is 3.40. The number of rotatable bonds is 3. The molecule has 0 saturated heterocycles. The van der Waals surface area contributed by atoms with Crippen LogP contribution in [0.5, 0.6) is 0 Å². The van der Waals surface area contributed by atoms with Gasteiger partial charge in [0.15, 0.2) is 0 Å². The van der Waals surface area contributed by atoms with Gasteiger partial charge in [-0.1, -0.05) is 38.1 Å². The molecular weight excluding hydrogens is 178 g/mol. The van der Waals surface area contributed by atoms with Gasteiger partial charge in [0.25, 0.3) is 0 Å². The Labute approximate surface area is 83.2 Å². The fourth-order valence-corrected chi connectivity index (χ4v) is 1.14. The van der Waals surface area contributed by atoms with Crippen LogP contribution in [0, 0.1) is 10.1 Å². The monoisotopic (exact) mass is 191 g/mol. The minimum Gasteiger partial charge on any atom is -0.259 e. The smallest absolute Gasteiger partial charge is 0.235 e. The molecule has 3 nitrogen and oxygen atoms in total. The van der Waals surface area contributed by atoms with Crippen LogP contribution in [0.1, 0.15) is 30.9 Å². The molecule has 0 aliphatic heterocycles. The first-order valence-electron chi connectivity index (χ1n) is 4.51. The van der Waals surface area contributed by atoms with Crippen molar-refractivity contribution < 1.29 is 4.92 Å². The number of nitrogens with zero attached hydrogens (tertiary/aromatic N) is 1. The second-order valence-electron chi connectivity index (χ2n) is 3.42. The van der Waals surface area contributed by atoms with Crippen molar-refractivity contribution >= 4 is 6.08 Å². The Hall–Kier alpha value is -1.64. The highest BCUT2D eigenvalue weighted by Gasteiger charge is 1.97. The molecule has 3 heteroatoms. The summed E-state index contributed by atoms with van der Waals surface area (Å²) in [7, 11) is 0. The van der Waals surface area contributed by atoms with Crippen molar-refractivity contribution in [1.82, 2.24) is 0 Å². The Balaban J connectivity index is 2.78. The lowest BCUT2D eigenvalue weighted by molar-refractivity contribution is -0.400. The molecule has 1 aromatic rings. The highest BCUT2D eigenvalue weighted by Crippen LogP contribution is 2.15. The summed E-state index contributed by atoms with van der Waals surface area (Å²) in [6.07, 6.45) is 2.44. The van der Waals surface area contributed by atoms with Crippen molar-refractivity contribution in [2.45, 2.75) is 19.8 Å². The maximum Gasteiger partial charge on any atom is 0.235 e. The van der Waals surface area contributed by atoms with Crippen molar-refractivity contribution in [3.05, 3.63) is 51.7 Å². The van der Waals surface area contributed by atoms with E-state index in [2.05, 4.69) is 13.8 Å². The summed E-state index contributed by atoms with van der Waals surface area (Å²) in [6.45, 7) is 4.23. The van der Waals surface area contributed by atoms with E-state index in [1.54, 1.807) is 0 Å². The predicted molar refractivity (Wildman–Crippen MR) is 56.6 cm³/mol. The zero-order valence-electron chi connectivity index (χ0n) is 8.31. The van der Waals surface area contributed by atoms with Crippen LogP contribution in [0.15, 0.2) is 30.5 Å². The zero-order chi connectivity index (χ0) is 10.6. The molecule has 74 valence electrons. The number of hydrogen-bond donors (Lipinski definition) is 0. The Morgan fingerprint density at radius 2 is 1.86 bits per heavy atom. The van der Waals surface area contributed by atoms with Gasteiger partial charge in [-0.15, -0.1) is 0 Å². The van der Waals surface area contributed by atoms with Gasteiger partial charge in [-0.05, 0) is 17.0 Å². The molecule has 14 heavy (non-hydrogen) atoms. The van der Waals surface area contributed by atoms with Gasteiger partial charge in [0.1, 0.15) is 0 Å². The summed E-state index contributed by atoms with van der Waals surface area (Å²) in [5, 5.41) is 10.1. The van der Waals surface area contributed by atoms with Crippen LogP contribution in [0.2, 0.25) is 0 Å². The molecule has 0 N–H and O–H groups in total. The molecule has 0 aliphatic carbocycles. The summed E-state index contributed by atoms with van der Waals surface area (Å²) in [4.78, 5) is 9.60. The summed E-state index contributed by atoms with van der Waals surface area (Å²) in [5.41, 5.74) is 2.09. The highest BCUT2D eigenvalue weighted by atomic mass is 16.6. The maximum atomic E-state index is 10.1. The van der Waals surface area contributed by atoms with Crippen LogP contribution in [0.3, 0.4) is 0 Å². The number of hydrogen-bond acceptors (Lipinski definition) is 2. The second-order valence-corrected chi connectivity index (χ2v) is 3.42. The van der Waals surface area contributed by atoms with E-state index in [9.17, 15) is 10.1 Å². The molecule has 1 rings (SSSR count). The summed E-state index contributed by atoms with van der Waals surface area (Å²) in [6, 6.07) is 7.75. The van der Waals surface area contributed by atoms with Crippen molar-refractivity contribution in [2.24, 2.45) is 0 Å². The normalized spacial score (nSPS) is 11.1. The molecule has 1 aromatic carbocycles. The molecule has 0 fully saturated rings. The van der Waals surface area contributed by atoms with Gasteiger partial charge in [-0.3, -0.25) is 10.1 Å². The fourth-order valence-electron chi connectivity index (χ4n) is 1.14. The highest BCUT2D eigenvalue weighted by molar-refractivity contribution is 5.48. The van der Waals surface area contributed by atoms with Crippen molar-refractivity contribution in [3.8, 4) is 0 Å². The van der Waals surface area contributed by atoms with Crippen molar-refractivity contribution in [2.75, 3.05) is 0 Å². The summed E-state index contributed by atoms with van der Waals surface area (Å²) in [5.74, 6) is 0.489. The first kappa shape index (κ1) is 10.4. The lowest BCUT2D eigenvalue weighted by Gasteiger charge is -2.03. The molecule has 0 aromatic heterocycles.